The summed E-state index contributed by atoms with van der Waals surface area (Å²) >= 11 is 0. The topological polar surface area (TPSA) is 51.2 Å². The van der Waals surface area contributed by atoms with E-state index in [0.29, 0.717) is 12.0 Å². The van der Waals surface area contributed by atoms with Crippen molar-refractivity contribution in [3.8, 4) is 0 Å². The molecule has 0 atom stereocenters. The molecule has 1 fully saturated rings. The molecule has 0 amide bonds. The number of rotatable bonds is 7. The zero-order chi connectivity index (χ0) is 11.4. The van der Waals surface area contributed by atoms with Crippen molar-refractivity contribution in [1.82, 2.24) is 5.32 Å². The number of nitrogens with two attached hydrogens (primary N) is 1. The van der Waals surface area contributed by atoms with Gasteiger partial charge in [0.05, 0.1) is 13.1 Å². The van der Waals surface area contributed by atoms with Gasteiger partial charge in [-0.15, -0.1) is 0 Å². The van der Waals surface area contributed by atoms with Crippen LogP contribution in [0.15, 0.2) is 16.5 Å². The van der Waals surface area contributed by atoms with Crippen molar-refractivity contribution in [2.75, 3.05) is 6.54 Å². The molecule has 1 aromatic heterocycles. The summed E-state index contributed by atoms with van der Waals surface area (Å²) in [5, 5.41) is 3.49. The number of hydrogen-bond donors (Lipinski definition) is 2. The summed E-state index contributed by atoms with van der Waals surface area (Å²) < 4.78 is 5.54. The maximum absolute atomic E-state index is 5.54. The van der Waals surface area contributed by atoms with Gasteiger partial charge < -0.3 is 15.5 Å². The van der Waals surface area contributed by atoms with Crippen molar-refractivity contribution in [1.29, 1.82) is 0 Å². The lowest BCUT2D eigenvalue weighted by Crippen LogP contribution is -2.23. The van der Waals surface area contributed by atoms with Gasteiger partial charge in [0.25, 0.3) is 0 Å². The minimum atomic E-state index is 0.486. The monoisotopic (exact) mass is 222 g/mol. The summed E-state index contributed by atoms with van der Waals surface area (Å²) in [5.41, 5.74) is 6.11. The molecular weight excluding hydrogens is 200 g/mol. The van der Waals surface area contributed by atoms with E-state index in [9.17, 15) is 0 Å². The van der Waals surface area contributed by atoms with Gasteiger partial charge in [0.1, 0.15) is 11.5 Å². The van der Waals surface area contributed by atoms with Gasteiger partial charge in [0, 0.05) is 6.54 Å². The first-order valence-corrected chi connectivity index (χ1v) is 6.26. The van der Waals surface area contributed by atoms with Gasteiger partial charge in [-0.3, -0.25) is 0 Å². The molecule has 2 rings (SSSR count). The van der Waals surface area contributed by atoms with Gasteiger partial charge in [0.15, 0.2) is 0 Å². The van der Waals surface area contributed by atoms with Crippen molar-refractivity contribution >= 4 is 0 Å². The lowest BCUT2D eigenvalue weighted by molar-refractivity contribution is 0.394. The van der Waals surface area contributed by atoms with Crippen LogP contribution in [0.5, 0.6) is 0 Å². The summed E-state index contributed by atoms with van der Waals surface area (Å²) in [6, 6.07) is 3.96. The Morgan fingerprint density at radius 3 is 2.69 bits per heavy atom. The summed E-state index contributed by atoms with van der Waals surface area (Å²) in [7, 11) is 0. The average molecular weight is 222 g/mol. The van der Waals surface area contributed by atoms with Crippen LogP contribution >= 0.6 is 0 Å². The van der Waals surface area contributed by atoms with E-state index in [4.69, 9.17) is 10.2 Å². The zero-order valence-electron chi connectivity index (χ0n) is 10.1. The molecular formula is C13H22N2O. The zero-order valence-corrected chi connectivity index (χ0v) is 10.1. The third-order valence-electron chi connectivity index (χ3n) is 3.46. The second kappa shape index (κ2) is 5.02. The Bertz CT molecular complexity index is 328. The summed E-state index contributed by atoms with van der Waals surface area (Å²) in [5.74, 6) is 1.86. The minimum Gasteiger partial charge on any atom is -0.463 e. The van der Waals surface area contributed by atoms with Crippen LogP contribution < -0.4 is 11.1 Å². The maximum atomic E-state index is 5.54. The van der Waals surface area contributed by atoms with Crippen LogP contribution in [0.2, 0.25) is 0 Å². The second-order valence-corrected chi connectivity index (χ2v) is 4.93. The molecule has 1 aliphatic rings. The number of furan rings is 1. The minimum absolute atomic E-state index is 0.486. The highest BCUT2D eigenvalue weighted by Crippen LogP contribution is 2.48. The largest absolute Gasteiger partial charge is 0.463 e. The van der Waals surface area contributed by atoms with E-state index in [2.05, 4.69) is 12.2 Å². The fourth-order valence-electron chi connectivity index (χ4n) is 2.30. The highest BCUT2D eigenvalue weighted by molar-refractivity contribution is 5.07. The Kier molecular flexibility index (Phi) is 3.66. The van der Waals surface area contributed by atoms with Gasteiger partial charge >= 0.3 is 0 Å². The molecule has 3 nitrogen and oxygen atoms in total. The maximum Gasteiger partial charge on any atom is 0.118 e. The Labute approximate surface area is 97.4 Å². The van der Waals surface area contributed by atoms with E-state index in [0.717, 1.165) is 24.6 Å². The Morgan fingerprint density at radius 1 is 1.38 bits per heavy atom. The molecule has 3 heteroatoms. The Balaban J connectivity index is 1.71. The molecule has 0 saturated heterocycles. The van der Waals surface area contributed by atoms with Crippen LogP contribution in [0.4, 0.5) is 0 Å². The molecule has 0 aliphatic heterocycles. The highest BCUT2D eigenvalue weighted by Gasteiger charge is 2.40. The molecule has 1 aliphatic carbocycles. The molecule has 0 unspecified atom stereocenters. The highest BCUT2D eigenvalue weighted by atomic mass is 16.3. The Morgan fingerprint density at radius 2 is 2.12 bits per heavy atom. The molecule has 0 bridgehead atoms. The standard InChI is InChI=1S/C13H22N2O/c1-2-5-13(6-7-13)10-15-9-12-4-3-11(8-14)16-12/h3-4,15H,2,5-10,14H2,1H3. The average Bonchev–Trinajstić information content (AvgIpc) is 2.89. The normalized spacial score (nSPS) is 17.6. The van der Waals surface area contributed by atoms with Crippen LogP contribution in [-0.2, 0) is 13.1 Å². The number of nitrogens with one attached hydrogen (secondary N) is 1. The fraction of sp³-hybridized carbons (Fsp3) is 0.692. The van der Waals surface area contributed by atoms with Crippen molar-refractivity contribution < 1.29 is 4.42 Å². The van der Waals surface area contributed by atoms with E-state index in [1.165, 1.54) is 25.7 Å². The van der Waals surface area contributed by atoms with Crippen LogP contribution in [0.1, 0.15) is 44.1 Å². The molecule has 0 spiro atoms. The Hall–Kier alpha value is -0.800. The third-order valence-corrected chi connectivity index (χ3v) is 3.46. The summed E-state index contributed by atoms with van der Waals surface area (Å²) in [4.78, 5) is 0. The predicted octanol–water partition coefficient (Wildman–Crippen LogP) is 2.41. The first-order chi connectivity index (χ1) is 7.78. The molecule has 16 heavy (non-hydrogen) atoms. The van der Waals surface area contributed by atoms with E-state index in [-0.39, 0.29) is 0 Å². The first kappa shape index (κ1) is 11.7. The van der Waals surface area contributed by atoms with Crippen molar-refractivity contribution in [2.24, 2.45) is 11.1 Å². The van der Waals surface area contributed by atoms with E-state index in [1.54, 1.807) is 0 Å². The first-order valence-electron chi connectivity index (χ1n) is 6.26. The molecule has 0 radical (unpaired) electrons. The third kappa shape index (κ3) is 2.86. The van der Waals surface area contributed by atoms with Gasteiger partial charge in [-0.1, -0.05) is 13.3 Å². The van der Waals surface area contributed by atoms with E-state index >= 15 is 0 Å². The second-order valence-electron chi connectivity index (χ2n) is 4.93. The van der Waals surface area contributed by atoms with Crippen molar-refractivity contribution in [3.63, 3.8) is 0 Å². The molecule has 1 heterocycles. The van der Waals surface area contributed by atoms with Gasteiger partial charge in [0.2, 0.25) is 0 Å². The van der Waals surface area contributed by atoms with Gasteiger partial charge in [-0.05, 0) is 36.8 Å². The predicted molar refractivity (Wildman–Crippen MR) is 64.9 cm³/mol. The summed E-state index contributed by atoms with van der Waals surface area (Å²) in [6.45, 7) is 4.70. The lowest BCUT2D eigenvalue weighted by atomic mass is 10.0. The summed E-state index contributed by atoms with van der Waals surface area (Å²) in [6.07, 6.45) is 5.42. The lowest BCUT2D eigenvalue weighted by Gasteiger charge is -2.13. The van der Waals surface area contributed by atoms with Crippen molar-refractivity contribution in [3.05, 3.63) is 23.7 Å². The van der Waals surface area contributed by atoms with Crippen LogP contribution in [0, 0.1) is 5.41 Å². The van der Waals surface area contributed by atoms with Crippen LogP contribution in [0.3, 0.4) is 0 Å². The van der Waals surface area contributed by atoms with E-state index in [1.807, 2.05) is 12.1 Å². The van der Waals surface area contributed by atoms with E-state index < -0.39 is 0 Å². The van der Waals surface area contributed by atoms with Gasteiger partial charge in [-0.25, -0.2) is 0 Å². The molecule has 1 saturated carbocycles. The SMILES string of the molecule is CCCC1(CNCc2ccc(CN)o2)CC1. The molecule has 90 valence electrons. The smallest absolute Gasteiger partial charge is 0.118 e. The fourth-order valence-corrected chi connectivity index (χ4v) is 2.30. The molecule has 0 aromatic carbocycles. The molecule has 1 aromatic rings. The van der Waals surface area contributed by atoms with Gasteiger partial charge in [-0.2, -0.15) is 0 Å². The van der Waals surface area contributed by atoms with Crippen LogP contribution in [0.25, 0.3) is 0 Å². The quantitative estimate of drug-likeness (QED) is 0.745. The number of hydrogen-bond acceptors (Lipinski definition) is 3. The van der Waals surface area contributed by atoms with Crippen LogP contribution in [-0.4, -0.2) is 6.54 Å². The van der Waals surface area contributed by atoms with Crippen molar-refractivity contribution in [2.45, 2.75) is 45.7 Å². The molecule has 3 N–H and O–H groups in total.